The van der Waals surface area contributed by atoms with Crippen LogP contribution in [-0.2, 0) is 6.61 Å². The van der Waals surface area contributed by atoms with E-state index in [1.807, 2.05) is 0 Å². The number of nitrogens with two attached hydrogens (primary N) is 1. The van der Waals surface area contributed by atoms with E-state index in [0.29, 0.717) is 0 Å². The third kappa shape index (κ3) is 3.53. The minimum Gasteiger partial charge on any atom is -0.486 e. The van der Waals surface area contributed by atoms with Crippen LogP contribution in [0.4, 0.5) is 8.78 Å². The van der Waals surface area contributed by atoms with Crippen molar-refractivity contribution in [1.82, 2.24) is 0 Å². The summed E-state index contributed by atoms with van der Waals surface area (Å²) in [6.07, 6.45) is 0. The summed E-state index contributed by atoms with van der Waals surface area (Å²) < 4.78 is 31.6. The Balaban J connectivity index is 2.02. The molecule has 0 fully saturated rings. The van der Waals surface area contributed by atoms with Crippen molar-refractivity contribution in [2.75, 3.05) is 6.61 Å². The Bertz CT molecular complexity index is 573. The maximum Gasteiger partial charge on any atom is 0.165 e. The van der Waals surface area contributed by atoms with E-state index in [-0.39, 0.29) is 19.0 Å². The van der Waals surface area contributed by atoms with Gasteiger partial charge in [-0.25, -0.2) is 8.78 Å². The zero-order valence-corrected chi connectivity index (χ0v) is 10.7. The van der Waals surface area contributed by atoms with E-state index in [9.17, 15) is 8.78 Å². The van der Waals surface area contributed by atoms with E-state index in [0.717, 1.165) is 29.3 Å². The zero-order chi connectivity index (χ0) is 14.5. The molecule has 0 unspecified atom stereocenters. The fraction of sp³-hybridized carbons (Fsp3) is 0.200. The Morgan fingerprint density at radius 3 is 2.45 bits per heavy atom. The van der Waals surface area contributed by atoms with E-state index in [1.54, 1.807) is 24.3 Å². The van der Waals surface area contributed by atoms with Gasteiger partial charge in [-0.1, -0.05) is 24.3 Å². The lowest BCUT2D eigenvalue weighted by molar-refractivity contribution is 0.268. The van der Waals surface area contributed by atoms with Crippen molar-refractivity contribution in [3.8, 4) is 5.75 Å². The summed E-state index contributed by atoms with van der Waals surface area (Å²) in [5.41, 5.74) is 7.27. The highest BCUT2D eigenvalue weighted by Crippen LogP contribution is 2.20. The molecule has 2 aromatic rings. The molecule has 0 saturated heterocycles. The van der Waals surface area contributed by atoms with Gasteiger partial charge in [0.05, 0.1) is 12.6 Å². The molecule has 2 aromatic carbocycles. The summed E-state index contributed by atoms with van der Waals surface area (Å²) in [6, 6.07) is 9.70. The Morgan fingerprint density at radius 2 is 1.80 bits per heavy atom. The standard InChI is InChI=1S/C15H15F2NO2/c16-12-5-6-13(17)15(7-12)20-9-10-1-3-11(4-2-10)14(18)8-19/h1-7,14,19H,8-9,18H2/t14-/m0/s1. The molecule has 5 heteroatoms. The normalized spacial score (nSPS) is 12.2. The average Bonchev–Trinajstić information content (AvgIpc) is 2.48. The zero-order valence-electron chi connectivity index (χ0n) is 10.7. The van der Waals surface area contributed by atoms with Crippen molar-refractivity contribution in [3.63, 3.8) is 0 Å². The SMILES string of the molecule is N[C@@H](CO)c1ccc(COc2cc(F)ccc2F)cc1. The number of aliphatic hydroxyl groups excluding tert-OH is 1. The molecule has 0 amide bonds. The van der Waals surface area contributed by atoms with Crippen molar-refractivity contribution in [2.24, 2.45) is 5.73 Å². The second-order valence-electron chi connectivity index (χ2n) is 4.39. The molecular weight excluding hydrogens is 264 g/mol. The van der Waals surface area contributed by atoms with Crippen LogP contribution in [0.1, 0.15) is 17.2 Å². The number of halogens is 2. The molecule has 106 valence electrons. The fourth-order valence-corrected chi connectivity index (χ4v) is 1.72. The van der Waals surface area contributed by atoms with Crippen LogP contribution < -0.4 is 10.5 Å². The lowest BCUT2D eigenvalue weighted by Gasteiger charge is -2.10. The maximum absolute atomic E-state index is 13.4. The van der Waals surface area contributed by atoms with Gasteiger partial charge in [0.25, 0.3) is 0 Å². The molecule has 0 aromatic heterocycles. The third-order valence-electron chi connectivity index (χ3n) is 2.89. The van der Waals surface area contributed by atoms with Crippen molar-refractivity contribution >= 4 is 0 Å². The van der Waals surface area contributed by atoms with Crippen LogP contribution in [0, 0.1) is 11.6 Å². The smallest absolute Gasteiger partial charge is 0.165 e. The van der Waals surface area contributed by atoms with Crippen LogP contribution in [0.3, 0.4) is 0 Å². The molecule has 20 heavy (non-hydrogen) atoms. The van der Waals surface area contributed by atoms with Gasteiger partial charge in [0.15, 0.2) is 11.6 Å². The lowest BCUT2D eigenvalue weighted by Crippen LogP contribution is -2.14. The van der Waals surface area contributed by atoms with Crippen LogP contribution >= 0.6 is 0 Å². The molecule has 0 aliphatic rings. The Kier molecular flexibility index (Phi) is 4.65. The molecule has 0 saturated carbocycles. The first-order valence-electron chi connectivity index (χ1n) is 6.13. The van der Waals surface area contributed by atoms with E-state index >= 15 is 0 Å². The summed E-state index contributed by atoms with van der Waals surface area (Å²) in [7, 11) is 0. The van der Waals surface area contributed by atoms with Crippen molar-refractivity contribution in [2.45, 2.75) is 12.6 Å². The van der Waals surface area contributed by atoms with E-state index in [1.165, 1.54) is 0 Å². The first-order chi connectivity index (χ1) is 9.60. The highest BCUT2D eigenvalue weighted by molar-refractivity contribution is 5.27. The van der Waals surface area contributed by atoms with Crippen LogP contribution in [-0.4, -0.2) is 11.7 Å². The summed E-state index contributed by atoms with van der Waals surface area (Å²) in [6.45, 7) is -0.0145. The van der Waals surface area contributed by atoms with Crippen molar-refractivity contribution in [3.05, 3.63) is 65.2 Å². The number of rotatable bonds is 5. The number of aliphatic hydroxyl groups is 1. The second kappa shape index (κ2) is 6.45. The summed E-state index contributed by atoms with van der Waals surface area (Å²) in [5.74, 6) is -1.28. The van der Waals surface area contributed by atoms with Gasteiger partial charge in [0, 0.05) is 6.07 Å². The highest BCUT2D eigenvalue weighted by Gasteiger charge is 2.07. The second-order valence-corrected chi connectivity index (χ2v) is 4.39. The van der Waals surface area contributed by atoms with Gasteiger partial charge in [-0.15, -0.1) is 0 Å². The lowest BCUT2D eigenvalue weighted by atomic mass is 10.1. The number of ether oxygens (including phenoxy) is 1. The molecule has 3 N–H and O–H groups in total. The largest absolute Gasteiger partial charge is 0.486 e. The fourth-order valence-electron chi connectivity index (χ4n) is 1.72. The van der Waals surface area contributed by atoms with Gasteiger partial charge < -0.3 is 15.6 Å². The van der Waals surface area contributed by atoms with E-state index < -0.39 is 17.7 Å². The van der Waals surface area contributed by atoms with Gasteiger partial charge in [0.1, 0.15) is 12.4 Å². The van der Waals surface area contributed by atoms with Gasteiger partial charge in [-0.2, -0.15) is 0 Å². The molecule has 0 radical (unpaired) electrons. The van der Waals surface area contributed by atoms with Crippen molar-refractivity contribution < 1.29 is 18.6 Å². The average molecular weight is 279 g/mol. The number of hydrogen-bond donors (Lipinski definition) is 2. The minimum absolute atomic E-state index is 0.120. The Hall–Kier alpha value is -1.98. The Morgan fingerprint density at radius 1 is 1.10 bits per heavy atom. The van der Waals surface area contributed by atoms with Gasteiger partial charge in [-0.05, 0) is 23.3 Å². The first-order valence-corrected chi connectivity index (χ1v) is 6.13. The predicted octanol–water partition coefficient (Wildman–Crippen LogP) is 2.54. The molecule has 1 atom stereocenters. The van der Waals surface area contributed by atoms with Crippen LogP contribution in [0.15, 0.2) is 42.5 Å². The summed E-state index contributed by atoms with van der Waals surface area (Å²) in [4.78, 5) is 0. The Labute approximate surface area is 115 Å². The van der Waals surface area contributed by atoms with Gasteiger partial charge in [-0.3, -0.25) is 0 Å². The molecule has 0 heterocycles. The van der Waals surface area contributed by atoms with Crippen LogP contribution in [0.25, 0.3) is 0 Å². The molecule has 0 bridgehead atoms. The molecule has 0 aliphatic carbocycles. The molecular formula is C15H15F2NO2. The predicted molar refractivity (Wildman–Crippen MR) is 71.1 cm³/mol. The minimum atomic E-state index is -0.606. The topological polar surface area (TPSA) is 55.5 Å². The van der Waals surface area contributed by atoms with Crippen LogP contribution in [0.5, 0.6) is 5.75 Å². The quantitative estimate of drug-likeness (QED) is 0.884. The highest BCUT2D eigenvalue weighted by atomic mass is 19.1. The van der Waals surface area contributed by atoms with Crippen LogP contribution in [0.2, 0.25) is 0 Å². The van der Waals surface area contributed by atoms with Gasteiger partial charge in [0.2, 0.25) is 0 Å². The molecule has 2 rings (SSSR count). The molecule has 0 spiro atoms. The summed E-state index contributed by atoms with van der Waals surface area (Å²) >= 11 is 0. The first kappa shape index (κ1) is 14.4. The number of hydrogen-bond acceptors (Lipinski definition) is 3. The van der Waals surface area contributed by atoms with E-state index in [4.69, 9.17) is 15.6 Å². The van der Waals surface area contributed by atoms with Gasteiger partial charge >= 0.3 is 0 Å². The number of benzene rings is 2. The maximum atomic E-state index is 13.4. The molecule has 3 nitrogen and oxygen atoms in total. The summed E-state index contributed by atoms with van der Waals surface area (Å²) in [5, 5.41) is 8.94. The monoisotopic (exact) mass is 279 g/mol. The van der Waals surface area contributed by atoms with Crippen molar-refractivity contribution in [1.29, 1.82) is 0 Å². The van der Waals surface area contributed by atoms with E-state index in [2.05, 4.69) is 0 Å². The third-order valence-corrected chi connectivity index (χ3v) is 2.89. The molecule has 0 aliphatic heterocycles.